The van der Waals surface area contributed by atoms with E-state index < -0.39 is 6.16 Å². The predicted octanol–water partition coefficient (Wildman–Crippen LogP) is 4.71. The van der Waals surface area contributed by atoms with Crippen molar-refractivity contribution in [2.45, 2.75) is 38.3 Å². The van der Waals surface area contributed by atoms with E-state index in [4.69, 9.17) is 14.2 Å². The molecule has 2 aliphatic rings. The molecule has 1 unspecified atom stereocenters. The third kappa shape index (κ3) is 6.69. The number of carbonyl (C=O) groups is 2. The zero-order valence-electron chi connectivity index (χ0n) is 23.7. The first-order valence-electron chi connectivity index (χ1n) is 14.0. The summed E-state index contributed by atoms with van der Waals surface area (Å²) in [5, 5.41) is 11.0. The van der Waals surface area contributed by atoms with E-state index >= 15 is 0 Å². The Bertz CT molecular complexity index is 1470. The standard InChI is InChI=1S/C31H36N4O5S/c1-4-23-24-7-5-8-26(34-21-12-15-35(16-13-21)18-22-19-39-31(37)40-22)29(24)41-28(23)9-6-14-33-25-11-10-20(30(36)32-2)17-27(25)38-3/h5,7-8,10-11,17,21-22,33-34H,4,12-16,18-19H2,1-3H3,(H,32,36). The maximum Gasteiger partial charge on any atom is 0.508 e. The number of nitrogens with zero attached hydrogens (tertiary/aromatic N) is 1. The molecule has 10 heteroatoms. The molecule has 9 nitrogen and oxygen atoms in total. The van der Waals surface area contributed by atoms with Gasteiger partial charge in [-0.15, -0.1) is 11.3 Å². The molecule has 3 N–H and O–H groups in total. The number of carbonyl (C=O) groups excluding carboxylic acids is 2. The van der Waals surface area contributed by atoms with Gasteiger partial charge in [-0.05, 0) is 54.5 Å². The highest BCUT2D eigenvalue weighted by Gasteiger charge is 2.29. The molecule has 2 aromatic carbocycles. The summed E-state index contributed by atoms with van der Waals surface area (Å²) in [6, 6.07) is 12.2. The summed E-state index contributed by atoms with van der Waals surface area (Å²) in [4.78, 5) is 26.6. The lowest BCUT2D eigenvalue weighted by atomic mass is 10.0. The van der Waals surface area contributed by atoms with Crippen LogP contribution in [0.15, 0.2) is 36.4 Å². The molecule has 5 rings (SSSR count). The average Bonchev–Trinajstić information content (AvgIpc) is 3.58. The van der Waals surface area contributed by atoms with E-state index in [9.17, 15) is 9.59 Å². The van der Waals surface area contributed by atoms with Gasteiger partial charge in [-0.3, -0.25) is 9.69 Å². The molecule has 2 aliphatic heterocycles. The zero-order valence-corrected chi connectivity index (χ0v) is 24.5. The van der Waals surface area contributed by atoms with Crippen molar-refractivity contribution in [3.8, 4) is 17.6 Å². The molecule has 3 aromatic rings. The Balaban J connectivity index is 1.23. The monoisotopic (exact) mass is 576 g/mol. The number of fused-ring (bicyclic) bond motifs is 1. The Kier molecular flexibility index (Phi) is 9.17. The predicted molar refractivity (Wildman–Crippen MR) is 162 cm³/mol. The fraction of sp³-hybridized carbons (Fsp3) is 0.419. The number of nitrogens with one attached hydrogen (secondary N) is 3. The van der Waals surface area contributed by atoms with E-state index in [1.54, 1.807) is 37.6 Å². The van der Waals surface area contributed by atoms with Gasteiger partial charge in [-0.25, -0.2) is 4.79 Å². The molecule has 216 valence electrons. The second-order valence-corrected chi connectivity index (χ2v) is 11.1. The van der Waals surface area contributed by atoms with Crippen molar-refractivity contribution in [2.24, 2.45) is 0 Å². The maximum atomic E-state index is 11.9. The third-order valence-corrected chi connectivity index (χ3v) is 8.69. The average molecular weight is 577 g/mol. The van der Waals surface area contributed by atoms with E-state index in [1.807, 2.05) is 6.07 Å². The highest BCUT2D eigenvalue weighted by Crippen LogP contribution is 2.37. The summed E-state index contributed by atoms with van der Waals surface area (Å²) in [5.74, 6) is 7.11. The molecule has 3 heterocycles. The lowest BCUT2D eigenvalue weighted by Gasteiger charge is -2.33. The molecule has 0 bridgehead atoms. The lowest BCUT2D eigenvalue weighted by Crippen LogP contribution is -2.43. The van der Waals surface area contributed by atoms with Crippen LogP contribution in [0.1, 0.15) is 40.6 Å². The van der Waals surface area contributed by atoms with Gasteiger partial charge in [-0.2, -0.15) is 0 Å². The summed E-state index contributed by atoms with van der Waals surface area (Å²) in [7, 11) is 3.19. The van der Waals surface area contributed by atoms with Gasteiger partial charge < -0.3 is 30.2 Å². The van der Waals surface area contributed by atoms with E-state index in [-0.39, 0.29) is 12.0 Å². The number of hydrogen-bond donors (Lipinski definition) is 3. The van der Waals surface area contributed by atoms with Crippen molar-refractivity contribution < 1.29 is 23.8 Å². The van der Waals surface area contributed by atoms with Gasteiger partial charge in [0.05, 0.1) is 34.6 Å². The van der Waals surface area contributed by atoms with Crippen molar-refractivity contribution in [3.05, 3.63) is 52.4 Å². The van der Waals surface area contributed by atoms with Crippen LogP contribution in [-0.4, -0.2) is 76.1 Å². The Hall–Kier alpha value is -3.94. The van der Waals surface area contributed by atoms with Crippen LogP contribution in [0.5, 0.6) is 5.75 Å². The van der Waals surface area contributed by atoms with Crippen LogP contribution >= 0.6 is 11.3 Å². The number of thiophene rings is 1. The number of likely N-dealkylation sites (tertiary alicyclic amines) is 1. The fourth-order valence-corrected chi connectivity index (χ4v) is 6.59. The second-order valence-electron chi connectivity index (χ2n) is 10.1. The van der Waals surface area contributed by atoms with E-state index in [0.717, 1.165) is 55.1 Å². The normalized spacial score (nSPS) is 17.3. The zero-order chi connectivity index (χ0) is 28.8. The fourth-order valence-electron chi connectivity index (χ4n) is 5.35. The molecule has 0 spiro atoms. The van der Waals surface area contributed by atoms with Crippen molar-refractivity contribution >= 4 is 44.9 Å². The molecular weight excluding hydrogens is 540 g/mol. The van der Waals surface area contributed by atoms with E-state index in [0.29, 0.717) is 30.5 Å². The molecule has 0 saturated carbocycles. The molecule has 1 atom stereocenters. The molecule has 1 aromatic heterocycles. The number of aryl methyl sites for hydroxylation is 1. The first-order valence-corrected chi connectivity index (χ1v) is 14.8. The Morgan fingerprint density at radius 3 is 2.73 bits per heavy atom. The SMILES string of the molecule is CCc1c(C#CCNc2ccc(C(=O)NC)cc2OC)sc2c(NC3CCN(CC4COC(=O)O4)CC3)cccc12. The van der Waals surface area contributed by atoms with Gasteiger partial charge >= 0.3 is 6.16 Å². The quantitative estimate of drug-likeness (QED) is 0.249. The minimum absolute atomic E-state index is 0.158. The minimum atomic E-state index is -0.559. The Morgan fingerprint density at radius 1 is 1.20 bits per heavy atom. The number of amides is 1. The number of hydrogen-bond acceptors (Lipinski definition) is 9. The number of piperidine rings is 1. The van der Waals surface area contributed by atoms with Gasteiger partial charge in [0.1, 0.15) is 12.4 Å². The molecule has 1 amide bonds. The first kappa shape index (κ1) is 28.6. The number of benzene rings is 2. The Labute approximate surface area is 244 Å². The van der Waals surface area contributed by atoms with Crippen LogP contribution in [0, 0.1) is 11.8 Å². The summed E-state index contributed by atoms with van der Waals surface area (Å²) >= 11 is 1.74. The lowest BCUT2D eigenvalue weighted by molar-refractivity contribution is 0.0942. The minimum Gasteiger partial charge on any atom is -0.495 e. The highest BCUT2D eigenvalue weighted by atomic mass is 32.1. The Morgan fingerprint density at radius 2 is 2.02 bits per heavy atom. The van der Waals surface area contributed by atoms with Gasteiger partial charge in [-0.1, -0.05) is 30.9 Å². The van der Waals surface area contributed by atoms with Crippen molar-refractivity contribution in [2.75, 3.05) is 57.6 Å². The first-order chi connectivity index (χ1) is 20.0. The second kappa shape index (κ2) is 13.1. The molecule has 2 fully saturated rings. The summed E-state index contributed by atoms with van der Waals surface area (Å²) < 4.78 is 16.8. The number of ether oxygens (including phenoxy) is 3. The van der Waals surface area contributed by atoms with Gasteiger partial charge in [0.15, 0.2) is 6.10 Å². The van der Waals surface area contributed by atoms with Gasteiger partial charge in [0.25, 0.3) is 5.91 Å². The van der Waals surface area contributed by atoms with Crippen LogP contribution < -0.4 is 20.7 Å². The summed E-state index contributed by atoms with van der Waals surface area (Å²) in [6.07, 6.45) is 2.23. The summed E-state index contributed by atoms with van der Waals surface area (Å²) in [6.45, 7) is 5.60. The van der Waals surface area contributed by atoms with Crippen LogP contribution in [-0.2, 0) is 15.9 Å². The number of methoxy groups -OCH3 is 1. The van der Waals surface area contributed by atoms with Crippen molar-refractivity contribution in [1.82, 2.24) is 10.2 Å². The molecular formula is C31H36N4O5S. The number of anilines is 2. The topological polar surface area (TPSA) is 101 Å². The van der Waals surface area contributed by atoms with Crippen LogP contribution in [0.3, 0.4) is 0 Å². The summed E-state index contributed by atoms with van der Waals surface area (Å²) in [5.41, 5.74) is 3.76. The van der Waals surface area contributed by atoms with E-state index in [2.05, 4.69) is 57.8 Å². The highest BCUT2D eigenvalue weighted by molar-refractivity contribution is 7.20. The molecule has 0 radical (unpaired) electrons. The van der Waals surface area contributed by atoms with Gasteiger partial charge in [0, 0.05) is 38.3 Å². The van der Waals surface area contributed by atoms with Crippen molar-refractivity contribution in [1.29, 1.82) is 0 Å². The van der Waals surface area contributed by atoms with Crippen molar-refractivity contribution in [3.63, 3.8) is 0 Å². The molecule has 41 heavy (non-hydrogen) atoms. The third-order valence-electron chi connectivity index (χ3n) is 7.49. The number of rotatable bonds is 9. The maximum absolute atomic E-state index is 11.9. The molecule has 2 saturated heterocycles. The number of cyclic esters (lactones) is 2. The smallest absolute Gasteiger partial charge is 0.495 e. The largest absolute Gasteiger partial charge is 0.508 e. The van der Waals surface area contributed by atoms with Crippen LogP contribution in [0.2, 0.25) is 0 Å². The molecule has 0 aliphatic carbocycles. The van der Waals surface area contributed by atoms with Gasteiger partial charge in [0.2, 0.25) is 0 Å². The van der Waals surface area contributed by atoms with Crippen LogP contribution in [0.4, 0.5) is 16.2 Å². The van der Waals surface area contributed by atoms with E-state index in [1.165, 1.54) is 15.6 Å². The van der Waals surface area contributed by atoms with Crippen LogP contribution in [0.25, 0.3) is 10.1 Å².